The number of carbonyl (C=O) groups excluding carboxylic acids is 3. The van der Waals surface area contributed by atoms with Gasteiger partial charge < -0.3 is 79.3 Å². The molecule has 7 heterocycles. The van der Waals surface area contributed by atoms with Gasteiger partial charge in [-0.3, -0.25) is 24.2 Å². The van der Waals surface area contributed by atoms with Gasteiger partial charge in [0.15, 0.2) is 17.3 Å². The lowest BCUT2D eigenvalue weighted by molar-refractivity contribution is -0.160. The van der Waals surface area contributed by atoms with Crippen LogP contribution in [0.1, 0.15) is 112 Å². The van der Waals surface area contributed by atoms with Crippen molar-refractivity contribution >= 4 is 62.9 Å². The van der Waals surface area contributed by atoms with Crippen LogP contribution in [-0.2, 0) is 23.8 Å². The first-order valence-corrected chi connectivity index (χ1v) is 30.0. The Morgan fingerprint density at radius 3 is 2.25 bits per heavy atom. The number of carboxylic acids is 1. The number of allylic oxidation sites excluding steroid dienone is 2. The number of aliphatic hydroxyl groups is 2. The normalized spacial score (nSPS) is 29.4. The van der Waals surface area contributed by atoms with E-state index in [-0.39, 0.29) is 61.5 Å². The number of aromatic hydroxyl groups is 3. The number of carbonyl (C=O) groups is 4. The van der Waals surface area contributed by atoms with Crippen molar-refractivity contribution in [2.24, 2.45) is 34.7 Å². The molecule has 11 atom stereocenters. The molecule has 23 nitrogen and oxygen atoms in total. The Morgan fingerprint density at radius 2 is 1.61 bits per heavy atom. The number of Topliss-reactive ketones (excluding diaryl/α,β-unsaturated/α-hetero) is 1. The number of halogens is 1. The van der Waals surface area contributed by atoms with Gasteiger partial charge in [-0.1, -0.05) is 45.9 Å². The van der Waals surface area contributed by atoms with E-state index >= 15 is 4.39 Å². The molecule has 24 heteroatoms. The van der Waals surface area contributed by atoms with E-state index in [1.54, 1.807) is 49.4 Å². The Morgan fingerprint density at radius 1 is 0.909 bits per heavy atom. The first-order chi connectivity index (χ1) is 41.7. The second-order valence-electron chi connectivity index (χ2n) is 24.4. The zero-order valence-corrected chi connectivity index (χ0v) is 51.6. The number of esters is 1. The second-order valence-corrected chi connectivity index (χ2v) is 24.4. The molecule has 4 fully saturated rings. The van der Waals surface area contributed by atoms with Gasteiger partial charge in [-0.05, 0) is 71.2 Å². The fraction of sp³-hybridized carbons (Fsp3) is 0.531. The highest BCUT2D eigenvalue weighted by atomic mass is 19.1. The largest absolute Gasteiger partial charge is 0.507 e. The zero-order chi connectivity index (χ0) is 64.0. The Kier molecular flexibility index (Phi) is 19.2. The number of hydrogen-bond acceptors (Lipinski definition) is 20. The highest BCUT2D eigenvalue weighted by Gasteiger charge is 2.50. The fourth-order valence-electron chi connectivity index (χ4n) is 12.9. The number of fused-ring (bicyclic) bond motifs is 16. The molecule has 7 aliphatic rings. The first-order valence-electron chi connectivity index (χ1n) is 30.0. The number of aromatic nitrogens is 1. The number of methoxy groups -OCH3 is 2. The number of piperidine rings is 1. The van der Waals surface area contributed by atoms with Crippen molar-refractivity contribution in [1.29, 1.82) is 0 Å². The summed E-state index contributed by atoms with van der Waals surface area (Å²) in [4.78, 5) is 69.0. The van der Waals surface area contributed by atoms with Crippen LogP contribution in [-0.4, -0.2) is 178 Å². The summed E-state index contributed by atoms with van der Waals surface area (Å²) in [7, 11) is 4.90. The monoisotopic (exact) mass is 1220 g/mol. The van der Waals surface area contributed by atoms with Crippen LogP contribution in [0.4, 0.5) is 15.8 Å². The Bertz CT molecular complexity index is 3560. The minimum absolute atomic E-state index is 0.0559. The number of carboxylic acid groups (broad SMARTS) is 1. The summed E-state index contributed by atoms with van der Waals surface area (Å²) < 4.78 is 46.4. The Balaban J connectivity index is 0.000000262. The maximum Gasteiger partial charge on any atom is 0.341 e. The number of nitrogens with zero attached hydrogens (tertiary/aromatic N) is 5. The summed E-state index contributed by atoms with van der Waals surface area (Å²) in [6.45, 7) is 17.5. The lowest BCUT2D eigenvalue weighted by atomic mass is 9.78. The number of aliphatic hydroxyl groups excluding tert-OH is 2. The molecule has 3 aromatic carbocycles. The number of likely N-dealkylation sites (N-methyl/N-ethyl adjacent to an activating group) is 1. The van der Waals surface area contributed by atoms with Crippen LogP contribution in [0.15, 0.2) is 58.3 Å². The average molecular weight is 1220 g/mol. The molecule has 1 aliphatic carbocycles. The number of aromatic carboxylic acids is 1. The second kappa shape index (κ2) is 26.1. The topological polar surface area (TPSA) is 304 Å². The summed E-state index contributed by atoms with van der Waals surface area (Å²) in [5, 5.41) is 79.9. The van der Waals surface area contributed by atoms with E-state index in [1.165, 1.54) is 78.8 Å². The highest BCUT2D eigenvalue weighted by Crippen LogP contribution is 2.55. The molecular weight excluding hydrogens is 1140 g/mol. The van der Waals surface area contributed by atoms with Gasteiger partial charge in [0.2, 0.25) is 5.43 Å². The SMILES string of the molecule is CO[C@H]1/C=C/O[C@@]2(C)Oc3c(C)c(O)c4c(O)c(c(/C=N\N5CCN(C)CC5)c(O)c4c3C2=O)NC(=O)/C(C)=C\C=C\[C@@H](C)[C@H](O)[C@@H](C)[C@H](O)[C@@H](C)[C@H](OC(C)=O)[C@@H]1C.COc1c(N2C[C@@H]3CCCN[C@@H]3C2)c(F)cc2c(=O)c(C(=O)O)cn(C3CC3)c12. The third-order valence-corrected chi connectivity index (χ3v) is 18.4. The Labute approximate surface area is 509 Å². The molecule has 3 saturated heterocycles. The molecule has 4 aromatic rings. The maximum atomic E-state index is 15.3. The smallest absolute Gasteiger partial charge is 0.341 e. The molecule has 6 aliphatic heterocycles. The van der Waals surface area contributed by atoms with Gasteiger partial charge in [-0.2, -0.15) is 5.10 Å². The molecule has 1 saturated carbocycles. The first kappa shape index (κ1) is 64.7. The number of ether oxygens (including phenoxy) is 5. The van der Waals surface area contributed by atoms with Crippen molar-refractivity contribution in [2.75, 3.05) is 77.3 Å². The van der Waals surface area contributed by atoms with Crippen LogP contribution in [0.3, 0.4) is 0 Å². The Hall–Kier alpha value is -7.77. The number of nitrogens with one attached hydrogen (secondary N) is 2. The van der Waals surface area contributed by atoms with E-state index in [4.69, 9.17) is 23.7 Å². The van der Waals surface area contributed by atoms with Gasteiger partial charge in [0.25, 0.3) is 11.7 Å². The zero-order valence-electron chi connectivity index (χ0n) is 51.6. The number of benzene rings is 3. The lowest BCUT2D eigenvalue weighted by Crippen LogP contribution is -2.46. The van der Waals surface area contributed by atoms with Crippen molar-refractivity contribution in [3.63, 3.8) is 0 Å². The maximum absolute atomic E-state index is 15.3. The minimum Gasteiger partial charge on any atom is -0.507 e. The molecular formula is C64H82FN7O16. The molecule has 5 bridgehead atoms. The molecule has 0 unspecified atom stereocenters. The molecule has 88 heavy (non-hydrogen) atoms. The standard InChI is InChI=1S/C43H58N4O12.C21H24FN3O4/c1-21-12-11-13-22(2)42(55)45-33-28(20-44-47-17-15-46(9)16-18-47)37(52)30-31(38(33)53)36(51)26(6)40-32(30)41(54)43(8,59-40)57-19-14-29(56-10)23(3)39(58-27(7)48)25(5)35(50)24(4)34(21)49;1-29-20-17-13(19(26)14(21(27)28)9-25(17)12-4-5-12)7-15(22)18(20)24-8-11-3-2-6-23-16(11)10-24/h11-14,19-21,23-25,29,34-35,39,49-53H,15-18H2,1-10H3,(H,45,55);7,9,11-12,16,23H,2-6,8,10H2,1H3,(H,27,28)/b12-11+,19-14+,22-13-,44-20-;/t21-,23-,24-,25-,29+,34+,35+,39-,43+;11-,16+/m10/s1. The van der Waals surface area contributed by atoms with Crippen LogP contribution in [0.25, 0.3) is 21.7 Å². The van der Waals surface area contributed by atoms with Crippen LogP contribution in [0.5, 0.6) is 28.7 Å². The number of hydrazone groups is 1. The van der Waals surface area contributed by atoms with Crippen molar-refractivity contribution in [1.82, 2.24) is 19.8 Å². The van der Waals surface area contributed by atoms with E-state index in [2.05, 4.69) is 20.6 Å². The van der Waals surface area contributed by atoms with Gasteiger partial charge in [-0.15, -0.1) is 0 Å². The number of piperazine rings is 1. The van der Waals surface area contributed by atoms with Gasteiger partial charge in [-0.25, -0.2) is 9.18 Å². The number of ketones is 1. The van der Waals surface area contributed by atoms with Crippen LogP contribution < -0.4 is 30.4 Å². The molecule has 0 spiro atoms. The molecule has 476 valence electrons. The number of rotatable bonds is 8. The molecule has 1 amide bonds. The van der Waals surface area contributed by atoms with E-state index in [0.29, 0.717) is 48.5 Å². The third-order valence-electron chi connectivity index (χ3n) is 18.4. The molecule has 1 aromatic heterocycles. The number of phenols is 3. The van der Waals surface area contributed by atoms with Gasteiger partial charge in [0, 0.05) is 119 Å². The van der Waals surface area contributed by atoms with Crippen molar-refractivity contribution in [3.8, 4) is 28.7 Å². The number of phenolic OH excluding ortho intramolecular Hbond substituents is 3. The van der Waals surface area contributed by atoms with E-state index in [9.17, 15) is 54.6 Å². The fourth-order valence-corrected chi connectivity index (χ4v) is 12.9. The van der Waals surface area contributed by atoms with E-state index in [0.717, 1.165) is 51.9 Å². The van der Waals surface area contributed by atoms with Crippen LogP contribution >= 0.6 is 0 Å². The predicted octanol–water partition coefficient (Wildman–Crippen LogP) is 6.71. The van der Waals surface area contributed by atoms with Crippen molar-refractivity contribution < 1.29 is 77.9 Å². The average Bonchev–Trinajstić information content (AvgIpc) is 1.72. The predicted molar refractivity (Wildman–Crippen MR) is 327 cm³/mol. The third kappa shape index (κ3) is 12.5. The molecule has 11 rings (SSSR count). The lowest BCUT2D eigenvalue weighted by Gasteiger charge is -2.38. The number of amides is 1. The van der Waals surface area contributed by atoms with Gasteiger partial charge in [0.1, 0.15) is 34.6 Å². The van der Waals surface area contributed by atoms with E-state index in [1.807, 2.05) is 11.9 Å². The van der Waals surface area contributed by atoms with Crippen LogP contribution in [0, 0.1) is 42.3 Å². The van der Waals surface area contributed by atoms with Crippen LogP contribution in [0.2, 0.25) is 0 Å². The summed E-state index contributed by atoms with van der Waals surface area (Å²) in [5.74, 6) is -9.41. The molecule has 8 N–H and O–H groups in total. The molecule has 0 radical (unpaired) electrons. The van der Waals surface area contributed by atoms with E-state index < -0.39 is 106 Å². The quantitative estimate of drug-likeness (QED) is 0.0394. The van der Waals surface area contributed by atoms with Gasteiger partial charge >= 0.3 is 17.7 Å². The summed E-state index contributed by atoms with van der Waals surface area (Å²) >= 11 is 0. The number of hydrogen-bond donors (Lipinski definition) is 8. The highest BCUT2D eigenvalue weighted by molar-refractivity contribution is 6.24. The van der Waals surface area contributed by atoms with Crippen molar-refractivity contribution in [2.45, 2.75) is 123 Å². The number of anilines is 2. The van der Waals surface area contributed by atoms with Crippen molar-refractivity contribution in [3.05, 3.63) is 86.7 Å². The summed E-state index contributed by atoms with van der Waals surface area (Å²) in [6.07, 6.45) is 10.3. The summed E-state index contributed by atoms with van der Waals surface area (Å²) in [5.41, 5.74) is -0.505. The number of pyridine rings is 1. The van der Waals surface area contributed by atoms with Gasteiger partial charge in [0.05, 0.1) is 71.0 Å². The minimum atomic E-state index is -2.04. The summed E-state index contributed by atoms with van der Waals surface area (Å²) in [6, 6.07) is 1.62.